The van der Waals surface area contributed by atoms with Gasteiger partial charge < -0.3 is 19.4 Å². The fourth-order valence-electron chi connectivity index (χ4n) is 2.70. The lowest BCUT2D eigenvalue weighted by molar-refractivity contribution is 0.0638. The maximum atomic E-state index is 12.1. The summed E-state index contributed by atoms with van der Waals surface area (Å²) >= 11 is 0. The van der Waals surface area contributed by atoms with E-state index >= 15 is 0 Å². The van der Waals surface area contributed by atoms with Gasteiger partial charge in [0.05, 0.1) is 6.10 Å². The number of nitriles is 1. The zero-order valence-corrected chi connectivity index (χ0v) is 13.9. The van der Waals surface area contributed by atoms with Crippen molar-refractivity contribution < 1.29 is 13.9 Å². The topological polar surface area (TPSA) is 104 Å². The Balaban J connectivity index is 1.63. The predicted molar refractivity (Wildman–Crippen MR) is 89.1 cm³/mol. The third kappa shape index (κ3) is 4.14. The number of amides is 1. The van der Waals surface area contributed by atoms with Crippen LogP contribution >= 0.6 is 0 Å². The Labute approximate surface area is 145 Å². The Bertz CT molecular complexity index is 783. The van der Waals surface area contributed by atoms with E-state index in [1.807, 2.05) is 12.1 Å². The highest BCUT2D eigenvalue weighted by atomic mass is 16.5. The maximum Gasteiger partial charge on any atom is 0.273 e. The molecule has 0 aliphatic carbocycles. The lowest BCUT2D eigenvalue weighted by Crippen LogP contribution is -2.40. The summed E-state index contributed by atoms with van der Waals surface area (Å²) in [4.78, 5) is 22.5. The second kappa shape index (κ2) is 7.77. The minimum absolute atomic E-state index is 0.175. The van der Waals surface area contributed by atoms with Gasteiger partial charge in [0.15, 0.2) is 12.1 Å². The summed E-state index contributed by atoms with van der Waals surface area (Å²) in [5.74, 6) is 0.946. The SMILES string of the molecule is Cc1ocnc1C(=O)NCC1CN(c2cccc(C#N)n2)CCCO1. The number of oxazole rings is 1. The lowest BCUT2D eigenvalue weighted by Gasteiger charge is -2.25. The van der Waals surface area contributed by atoms with Crippen LogP contribution in [0.5, 0.6) is 0 Å². The molecule has 2 aromatic heterocycles. The predicted octanol–water partition coefficient (Wildman–Crippen LogP) is 1.27. The van der Waals surface area contributed by atoms with Crippen molar-refractivity contribution >= 4 is 11.7 Å². The molecule has 0 spiro atoms. The van der Waals surface area contributed by atoms with E-state index in [2.05, 4.69) is 26.3 Å². The first-order valence-electron chi connectivity index (χ1n) is 8.09. The monoisotopic (exact) mass is 341 g/mol. The van der Waals surface area contributed by atoms with E-state index in [0.717, 1.165) is 18.8 Å². The van der Waals surface area contributed by atoms with Crippen molar-refractivity contribution in [3.05, 3.63) is 41.7 Å². The number of nitrogens with zero attached hydrogens (tertiary/aromatic N) is 4. The molecular weight excluding hydrogens is 322 g/mol. The van der Waals surface area contributed by atoms with Gasteiger partial charge >= 0.3 is 0 Å². The minimum atomic E-state index is -0.282. The van der Waals surface area contributed by atoms with Crippen molar-refractivity contribution in [1.29, 1.82) is 5.26 Å². The summed E-state index contributed by atoms with van der Waals surface area (Å²) < 4.78 is 10.9. The van der Waals surface area contributed by atoms with E-state index in [4.69, 9.17) is 14.4 Å². The van der Waals surface area contributed by atoms with Crippen LogP contribution in [0.1, 0.15) is 28.4 Å². The second-order valence-corrected chi connectivity index (χ2v) is 5.75. The average Bonchev–Trinajstić information content (AvgIpc) is 2.93. The number of anilines is 1. The molecule has 1 amide bonds. The Kier molecular flexibility index (Phi) is 5.26. The van der Waals surface area contributed by atoms with Crippen LogP contribution in [-0.4, -0.2) is 48.2 Å². The number of hydrogen-bond acceptors (Lipinski definition) is 7. The standard InChI is InChI=1S/C17H19N5O3/c1-12-16(20-11-25-12)17(23)19-9-14-10-22(6-3-7-24-14)15-5-2-4-13(8-18)21-15/h2,4-5,11,14H,3,6-7,9-10H2,1H3,(H,19,23). The Hall–Kier alpha value is -2.92. The van der Waals surface area contributed by atoms with Crippen LogP contribution in [0.4, 0.5) is 5.82 Å². The van der Waals surface area contributed by atoms with Gasteiger partial charge in [-0.15, -0.1) is 0 Å². The van der Waals surface area contributed by atoms with Gasteiger partial charge in [0.1, 0.15) is 23.3 Å². The van der Waals surface area contributed by atoms with Gasteiger partial charge in [-0.2, -0.15) is 5.26 Å². The zero-order chi connectivity index (χ0) is 17.6. The normalized spacial score (nSPS) is 17.6. The van der Waals surface area contributed by atoms with Crippen molar-refractivity contribution in [2.75, 3.05) is 31.1 Å². The molecule has 130 valence electrons. The number of aromatic nitrogens is 2. The number of aryl methyl sites for hydroxylation is 1. The molecule has 8 nitrogen and oxygen atoms in total. The van der Waals surface area contributed by atoms with Gasteiger partial charge in [-0.25, -0.2) is 9.97 Å². The summed E-state index contributed by atoms with van der Waals surface area (Å²) in [6.07, 6.45) is 1.93. The molecular formula is C17H19N5O3. The van der Waals surface area contributed by atoms with Crippen molar-refractivity contribution in [3.8, 4) is 6.07 Å². The van der Waals surface area contributed by atoms with Crippen LogP contribution in [0.15, 0.2) is 29.0 Å². The number of carbonyl (C=O) groups is 1. The van der Waals surface area contributed by atoms with Gasteiger partial charge in [0.25, 0.3) is 5.91 Å². The first kappa shape index (κ1) is 16.9. The van der Waals surface area contributed by atoms with Crippen molar-refractivity contribution in [2.24, 2.45) is 0 Å². The van der Waals surface area contributed by atoms with E-state index in [-0.39, 0.29) is 17.7 Å². The molecule has 1 atom stereocenters. The summed E-state index contributed by atoms with van der Waals surface area (Å²) in [6, 6.07) is 7.42. The molecule has 0 bridgehead atoms. The summed E-state index contributed by atoms with van der Waals surface area (Å²) in [6.45, 7) is 4.03. The van der Waals surface area contributed by atoms with Gasteiger partial charge in [-0.3, -0.25) is 4.79 Å². The molecule has 0 saturated carbocycles. The summed E-state index contributed by atoms with van der Waals surface area (Å²) in [5, 5.41) is 11.8. The molecule has 1 aliphatic heterocycles. The smallest absolute Gasteiger partial charge is 0.273 e. The number of rotatable bonds is 4. The highest BCUT2D eigenvalue weighted by Crippen LogP contribution is 2.16. The number of carbonyl (C=O) groups excluding carboxylic acids is 1. The first-order valence-corrected chi connectivity index (χ1v) is 8.09. The fraction of sp³-hybridized carbons (Fsp3) is 0.412. The van der Waals surface area contributed by atoms with Crippen LogP contribution < -0.4 is 10.2 Å². The van der Waals surface area contributed by atoms with E-state index in [9.17, 15) is 4.79 Å². The molecule has 8 heteroatoms. The van der Waals surface area contributed by atoms with Crippen molar-refractivity contribution in [2.45, 2.75) is 19.4 Å². The summed E-state index contributed by atoms with van der Waals surface area (Å²) in [7, 11) is 0. The molecule has 3 heterocycles. The van der Waals surface area contributed by atoms with Gasteiger partial charge in [0.2, 0.25) is 0 Å². The van der Waals surface area contributed by atoms with E-state index in [1.54, 1.807) is 13.0 Å². The van der Waals surface area contributed by atoms with Crippen LogP contribution in [-0.2, 0) is 4.74 Å². The van der Waals surface area contributed by atoms with E-state index in [1.165, 1.54) is 6.39 Å². The third-order valence-corrected chi connectivity index (χ3v) is 3.97. The third-order valence-electron chi connectivity index (χ3n) is 3.97. The lowest BCUT2D eigenvalue weighted by atomic mass is 10.2. The van der Waals surface area contributed by atoms with Crippen LogP contribution in [0.2, 0.25) is 0 Å². The highest BCUT2D eigenvalue weighted by Gasteiger charge is 2.22. The molecule has 1 aliphatic rings. The van der Waals surface area contributed by atoms with E-state index in [0.29, 0.717) is 31.2 Å². The van der Waals surface area contributed by atoms with Crippen LogP contribution in [0.3, 0.4) is 0 Å². The van der Waals surface area contributed by atoms with Gasteiger partial charge in [-0.1, -0.05) is 6.07 Å². The Morgan fingerprint density at radius 1 is 1.52 bits per heavy atom. The van der Waals surface area contributed by atoms with Crippen LogP contribution in [0.25, 0.3) is 0 Å². The number of ether oxygens (including phenoxy) is 1. The molecule has 1 saturated heterocycles. The van der Waals surface area contributed by atoms with E-state index < -0.39 is 0 Å². The summed E-state index contributed by atoms with van der Waals surface area (Å²) in [5.41, 5.74) is 0.669. The average molecular weight is 341 g/mol. The maximum absolute atomic E-state index is 12.1. The molecule has 1 unspecified atom stereocenters. The minimum Gasteiger partial charge on any atom is -0.448 e. The number of hydrogen-bond donors (Lipinski definition) is 1. The second-order valence-electron chi connectivity index (χ2n) is 5.75. The number of nitrogens with one attached hydrogen (secondary N) is 1. The molecule has 0 aromatic carbocycles. The molecule has 1 fully saturated rings. The Morgan fingerprint density at radius 2 is 2.40 bits per heavy atom. The largest absolute Gasteiger partial charge is 0.448 e. The van der Waals surface area contributed by atoms with Crippen LogP contribution in [0, 0.1) is 18.3 Å². The quantitative estimate of drug-likeness (QED) is 0.893. The fourth-order valence-corrected chi connectivity index (χ4v) is 2.70. The number of pyridine rings is 1. The van der Waals surface area contributed by atoms with Gasteiger partial charge in [0, 0.05) is 26.2 Å². The highest BCUT2D eigenvalue weighted by molar-refractivity contribution is 5.93. The first-order chi connectivity index (χ1) is 12.2. The molecule has 2 aromatic rings. The molecule has 0 radical (unpaired) electrons. The zero-order valence-electron chi connectivity index (χ0n) is 13.9. The molecule has 25 heavy (non-hydrogen) atoms. The van der Waals surface area contributed by atoms with Crippen molar-refractivity contribution in [3.63, 3.8) is 0 Å². The van der Waals surface area contributed by atoms with Crippen molar-refractivity contribution in [1.82, 2.24) is 15.3 Å². The Morgan fingerprint density at radius 3 is 3.16 bits per heavy atom. The van der Waals surface area contributed by atoms with Gasteiger partial charge in [-0.05, 0) is 25.5 Å². The molecule has 1 N–H and O–H groups in total. The molecule has 3 rings (SSSR count).